The predicted octanol–water partition coefficient (Wildman–Crippen LogP) is 4.93. The molecule has 0 spiro atoms. The number of imide groups is 1. The van der Waals surface area contributed by atoms with Gasteiger partial charge in [-0.15, -0.1) is 0 Å². The standard InChI is InChI=1S/C25H18FN3O2/c26-19-12-10-17(11-13-19)15-28-16-18(21-8-4-5-9-23(21)28)14-22-24(30)29(25(31)27-22)20-6-2-1-3-7-20/h1-14,16H,15H2,(H,27,31)/b22-14+. The maximum atomic E-state index is 13.2. The third-order valence-electron chi connectivity index (χ3n) is 5.28. The normalized spacial score (nSPS) is 15.1. The fraction of sp³-hybridized carbons (Fsp3) is 0.0400. The Morgan fingerprint density at radius 2 is 1.58 bits per heavy atom. The summed E-state index contributed by atoms with van der Waals surface area (Å²) in [6, 6.07) is 22.6. The zero-order valence-electron chi connectivity index (χ0n) is 16.5. The van der Waals surface area contributed by atoms with Gasteiger partial charge in [0.15, 0.2) is 0 Å². The highest BCUT2D eigenvalue weighted by atomic mass is 19.1. The van der Waals surface area contributed by atoms with Crippen LogP contribution in [0.15, 0.2) is 90.8 Å². The van der Waals surface area contributed by atoms with E-state index in [-0.39, 0.29) is 11.5 Å². The Hall–Kier alpha value is -4.19. The second kappa shape index (κ2) is 7.57. The van der Waals surface area contributed by atoms with Crippen molar-refractivity contribution in [1.82, 2.24) is 9.88 Å². The van der Waals surface area contributed by atoms with Gasteiger partial charge in [-0.3, -0.25) is 4.79 Å². The molecule has 5 rings (SSSR count). The number of fused-ring (bicyclic) bond motifs is 1. The number of amides is 3. The predicted molar refractivity (Wildman–Crippen MR) is 118 cm³/mol. The quantitative estimate of drug-likeness (QED) is 0.383. The van der Waals surface area contributed by atoms with E-state index in [0.29, 0.717) is 12.2 Å². The zero-order valence-corrected chi connectivity index (χ0v) is 16.5. The number of urea groups is 1. The molecule has 0 radical (unpaired) electrons. The Balaban J connectivity index is 1.52. The number of benzene rings is 3. The van der Waals surface area contributed by atoms with E-state index < -0.39 is 11.9 Å². The van der Waals surface area contributed by atoms with Crippen molar-refractivity contribution >= 4 is 34.6 Å². The van der Waals surface area contributed by atoms with Crippen LogP contribution in [0.1, 0.15) is 11.1 Å². The number of hydrogen-bond acceptors (Lipinski definition) is 2. The van der Waals surface area contributed by atoms with Crippen LogP contribution in [0.2, 0.25) is 0 Å². The SMILES string of the molecule is O=C1N/C(=C/c2cn(Cc3ccc(F)cc3)c3ccccc23)C(=O)N1c1ccccc1. The molecule has 1 fully saturated rings. The molecule has 0 saturated carbocycles. The number of anilines is 1. The molecule has 3 aromatic carbocycles. The van der Waals surface area contributed by atoms with E-state index in [0.717, 1.165) is 26.9 Å². The van der Waals surface area contributed by atoms with Crippen LogP contribution in [0.3, 0.4) is 0 Å². The number of carbonyl (C=O) groups is 2. The van der Waals surface area contributed by atoms with Gasteiger partial charge in [-0.05, 0) is 42.0 Å². The minimum atomic E-state index is -0.475. The van der Waals surface area contributed by atoms with Crippen LogP contribution >= 0.6 is 0 Å². The number of halogens is 1. The molecule has 2 heterocycles. The van der Waals surface area contributed by atoms with Crippen molar-refractivity contribution in [2.45, 2.75) is 6.54 Å². The molecule has 4 aromatic rings. The Bertz CT molecular complexity index is 1320. The molecular weight excluding hydrogens is 393 g/mol. The van der Waals surface area contributed by atoms with Crippen molar-refractivity contribution in [1.29, 1.82) is 0 Å². The lowest BCUT2D eigenvalue weighted by Gasteiger charge is -2.10. The number of aromatic nitrogens is 1. The first-order valence-corrected chi connectivity index (χ1v) is 9.85. The molecule has 1 N–H and O–H groups in total. The Morgan fingerprint density at radius 3 is 2.35 bits per heavy atom. The van der Waals surface area contributed by atoms with E-state index in [9.17, 15) is 14.0 Å². The molecule has 1 aliphatic heterocycles. The van der Waals surface area contributed by atoms with Crippen LogP contribution in [0.25, 0.3) is 17.0 Å². The smallest absolute Gasteiger partial charge is 0.333 e. The van der Waals surface area contributed by atoms with Crippen LogP contribution in [0.4, 0.5) is 14.9 Å². The van der Waals surface area contributed by atoms with E-state index in [1.807, 2.05) is 41.1 Å². The van der Waals surface area contributed by atoms with Gasteiger partial charge in [0.2, 0.25) is 0 Å². The van der Waals surface area contributed by atoms with E-state index in [4.69, 9.17) is 0 Å². The van der Waals surface area contributed by atoms with Crippen LogP contribution in [-0.2, 0) is 11.3 Å². The molecule has 1 saturated heterocycles. The van der Waals surface area contributed by atoms with Gasteiger partial charge in [0.25, 0.3) is 5.91 Å². The second-order valence-electron chi connectivity index (χ2n) is 7.32. The largest absolute Gasteiger partial charge is 0.342 e. The third kappa shape index (κ3) is 3.48. The summed E-state index contributed by atoms with van der Waals surface area (Å²) in [7, 11) is 0. The highest BCUT2D eigenvalue weighted by Gasteiger charge is 2.34. The highest BCUT2D eigenvalue weighted by molar-refractivity contribution is 6.28. The second-order valence-corrected chi connectivity index (χ2v) is 7.32. The molecule has 31 heavy (non-hydrogen) atoms. The molecule has 0 atom stereocenters. The first-order valence-electron chi connectivity index (χ1n) is 9.85. The third-order valence-corrected chi connectivity index (χ3v) is 5.28. The summed E-state index contributed by atoms with van der Waals surface area (Å²) >= 11 is 0. The molecule has 0 aliphatic carbocycles. The molecule has 1 aromatic heterocycles. The van der Waals surface area contributed by atoms with Crippen LogP contribution < -0.4 is 10.2 Å². The number of nitrogens with one attached hydrogen (secondary N) is 1. The average molecular weight is 411 g/mol. The Morgan fingerprint density at radius 1 is 0.871 bits per heavy atom. The Kier molecular flexibility index (Phi) is 4.59. The monoisotopic (exact) mass is 411 g/mol. The number of hydrogen-bond donors (Lipinski definition) is 1. The van der Waals surface area contributed by atoms with E-state index >= 15 is 0 Å². The van der Waals surface area contributed by atoms with Crippen LogP contribution in [0.5, 0.6) is 0 Å². The molecular formula is C25H18FN3O2. The molecule has 6 heteroatoms. The summed E-state index contributed by atoms with van der Waals surface area (Å²) in [6.45, 7) is 0.556. The van der Waals surface area contributed by atoms with Crippen molar-refractivity contribution < 1.29 is 14.0 Å². The summed E-state index contributed by atoms with van der Waals surface area (Å²) in [5.41, 5.74) is 3.50. The number of rotatable bonds is 4. The van der Waals surface area contributed by atoms with Crippen molar-refractivity contribution in [3.63, 3.8) is 0 Å². The van der Waals surface area contributed by atoms with Crippen molar-refractivity contribution in [3.8, 4) is 0 Å². The average Bonchev–Trinajstić information content (AvgIpc) is 3.27. The van der Waals surface area contributed by atoms with Crippen LogP contribution in [-0.4, -0.2) is 16.5 Å². The molecule has 0 bridgehead atoms. The maximum absolute atomic E-state index is 13.2. The summed E-state index contributed by atoms with van der Waals surface area (Å²) in [6.07, 6.45) is 3.64. The number of nitrogens with zero attached hydrogens (tertiary/aromatic N) is 2. The van der Waals surface area contributed by atoms with Gasteiger partial charge >= 0.3 is 6.03 Å². The van der Waals surface area contributed by atoms with Gasteiger partial charge in [-0.25, -0.2) is 14.1 Å². The topological polar surface area (TPSA) is 54.3 Å². The van der Waals surface area contributed by atoms with Crippen molar-refractivity contribution in [2.24, 2.45) is 0 Å². The minimum absolute atomic E-state index is 0.221. The molecule has 3 amide bonds. The number of para-hydroxylation sites is 2. The lowest BCUT2D eigenvalue weighted by molar-refractivity contribution is -0.113. The molecule has 1 aliphatic rings. The minimum Gasteiger partial charge on any atom is -0.342 e. The highest BCUT2D eigenvalue weighted by Crippen LogP contribution is 2.27. The molecule has 0 unspecified atom stereocenters. The lowest BCUT2D eigenvalue weighted by Crippen LogP contribution is -2.30. The summed E-state index contributed by atoms with van der Waals surface area (Å²) < 4.78 is 15.3. The lowest BCUT2D eigenvalue weighted by atomic mass is 10.1. The van der Waals surface area contributed by atoms with Gasteiger partial charge in [-0.2, -0.15) is 0 Å². The Labute approximate surface area is 178 Å². The van der Waals surface area contributed by atoms with Gasteiger partial charge in [0, 0.05) is 29.2 Å². The molecule has 5 nitrogen and oxygen atoms in total. The van der Waals surface area contributed by atoms with E-state index in [1.54, 1.807) is 42.5 Å². The summed E-state index contributed by atoms with van der Waals surface area (Å²) in [5.74, 6) is -0.670. The van der Waals surface area contributed by atoms with Crippen molar-refractivity contribution in [2.75, 3.05) is 4.90 Å². The first-order chi connectivity index (χ1) is 15.1. The van der Waals surface area contributed by atoms with Gasteiger partial charge < -0.3 is 9.88 Å². The van der Waals surface area contributed by atoms with E-state index in [1.165, 1.54) is 12.1 Å². The van der Waals surface area contributed by atoms with Gasteiger partial charge in [-0.1, -0.05) is 48.5 Å². The van der Waals surface area contributed by atoms with Gasteiger partial charge in [0.05, 0.1) is 5.69 Å². The first kappa shape index (κ1) is 18.8. The number of carbonyl (C=O) groups excluding carboxylic acids is 2. The maximum Gasteiger partial charge on any atom is 0.333 e. The summed E-state index contributed by atoms with van der Waals surface area (Å²) in [4.78, 5) is 26.5. The van der Waals surface area contributed by atoms with Crippen LogP contribution in [0, 0.1) is 5.82 Å². The fourth-order valence-corrected chi connectivity index (χ4v) is 3.81. The summed E-state index contributed by atoms with van der Waals surface area (Å²) in [5, 5.41) is 3.63. The molecule has 152 valence electrons. The van der Waals surface area contributed by atoms with Gasteiger partial charge in [0.1, 0.15) is 11.5 Å². The van der Waals surface area contributed by atoms with Crippen molar-refractivity contribution in [3.05, 3.63) is 108 Å². The zero-order chi connectivity index (χ0) is 21.4. The van der Waals surface area contributed by atoms with E-state index in [2.05, 4.69) is 5.32 Å². The fourth-order valence-electron chi connectivity index (χ4n) is 3.81.